The molecular weight excluding hydrogens is 264 g/mol. The highest BCUT2D eigenvalue weighted by atomic mass is 16.5. The fourth-order valence-electron chi connectivity index (χ4n) is 1.89. The van der Waals surface area contributed by atoms with Crippen molar-refractivity contribution in [2.24, 2.45) is 0 Å². The Morgan fingerprint density at radius 3 is 2.65 bits per heavy atom. The predicted octanol–water partition coefficient (Wildman–Crippen LogP) is 1.46. The highest BCUT2D eigenvalue weighted by molar-refractivity contribution is 5.85. The average Bonchev–Trinajstić information content (AvgIpc) is 2.74. The highest BCUT2D eigenvalue weighted by Crippen LogP contribution is 2.32. The van der Waals surface area contributed by atoms with Crippen LogP contribution in [0.3, 0.4) is 0 Å². The minimum Gasteiger partial charge on any atom is -0.504 e. The Kier molecular flexibility index (Phi) is 3.80. The van der Waals surface area contributed by atoms with Gasteiger partial charge < -0.3 is 20.1 Å². The van der Waals surface area contributed by atoms with Crippen molar-refractivity contribution in [3.63, 3.8) is 0 Å². The summed E-state index contributed by atoms with van der Waals surface area (Å²) in [7, 11) is 0. The van der Waals surface area contributed by atoms with Crippen molar-refractivity contribution in [2.75, 3.05) is 0 Å². The molecule has 3 N–H and O–H groups in total. The normalized spacial score (nSPS) is 12.7. The molecule has 0 aliphatic carbocycles. The summed E-state index contributed by atoms with van der Waals surface area (Å²) in [6.07, 6.45) is -0.942. The van der Waals surface area contributed by atoms with E-state index in [1.807, 2.05) is 6.92 Å². The number of fused-ring (bicyclic) bond motifs is 1. The van der Waals surface area contributed by atoms with Crippen LogP contribution in [0.5, 0.6) is 11.5 Å². The van der Waals surface area contributed by atoms with Gasteiger partial charge in [0.15, 0.2) is 17.6 Å². The maximum Gasteiger partial charge on any atom is 0.332 e. The molecule has 7 heteroatoms. The van der Waals surface area contributed by atoms with Gasteiger partial charge in [0, 0.05) is 18.0 Å². The molecule has 1 heterocycles. The lowest BCUT2D eigenvalue weighted by atomic mass is 10.2. The minimum atomic E-state index is -1.05. The molecule has 108 valence electrons. The summed E-state index contributed by atoms with van der Waals surface area (Å²) < 4.78 is 6.86. The second kappa shape index (κ2) is 5.38. The van der Waals surface area contributed by atoms with Crippen molar-refractivity contribution >= 4 is 16.9 Å². The van der Waals surface area contributed by atoms with Crippen molar-refractivity contribution in [3.05, 3.63) is 17.8 Å². The molecule has 0 aliphatic rings. The summed E-state index contributed by atoms with van der Waals surface area (Å²) >= 11 is 0. The summed E-state index contributed by atoms with van der Waals surface area (Å²) in [5, 5.41) is 32.8. The number of aliphatic carboxylic acids is 1. The number of phenolic OH excluding ortho intramolecular Hbond substituents is 2. The summed E-state index contributed by atoms with van der Waals surface area (Å²) in [4.78, 5) is 10.7. The zero-order valence-electron chi connectivity index (χ0n) is 11.2. The van der Waals surface area contributed by atoms with E-state index in [1.54, 1.807) is 4.68 Å². The van der Waals surface area contributed by atoms with Gasteiger partial charge in [-0.2, -0.15) is 5.10 Å². The molecule has 2 rings (SSSR count). The zero-order valence-corrected chi connectivity index (χ0v) is 11.2. The van der Waals surface area contributed by atoms with Crippen LogP contribution in [0.25, 0.3) is 10.9 Å². The Morgan fingerprint density at radius 2 is 2.05 bits per heavy atom. The maximum absolute atomic E-state index is 10.7. The van der Waals surface area contributed by atoms with E-state index in [0.29, 0.717) is 23.1 Å². The molecule has 1 aromatic carbocycles. The third-order valence-electron chi connectivity index (χ3n) is 3.04. The number of aryl methyl sites for hydroxylation is 1. The molecular formula is C13H16N2O5. The Morgan fingerprint density at radius 1 is 1.40 bits per heavy atom. The number of aromatic hydroxyl groups is 2. The van der Waals surface area contributed by atoms with E-state index in [1.165, 1.54) is 19.1 Å². The molecule has 0 fully saturated rings. The second-order valence-electron chi connectivity index (χ2n) is 4.41. The molecule has 0 saturated heterocycles. The number of carboxylic acid groups (broad SMARTS) is 1. The number of carboxylic acids is 1. The van der Waals surface area contributed by atoms with Crippen molar-refractivity contribution in [1.82, 2.24) is 9.78 Å². The van der Waals surface area contributed by atoms with Crippen LogP contribution in [-0.4, -0.2) is 37.2 Å². The number of phenols is 2. The van der Waals surface area contributed by atoms with Gasteiger partial charge in [-0.3, -0.25) is 4.68 Å². The maximum atomic E-state index is 10.7. The first kappa shape index (κ1) is 14.1. The van der Waals surface area contributed by atoms with Gasteiger partial charge in [-0.25, -0.2) is 4.79 Å². The van der Waals surface area contributed by atoms with Crippen LogP contribution in [0.15, 0.2) is 12.1 Å². The van der Waals surface area contributed by atoms with Gasteiger partial charge >= 0.3 is 5.97 Å². The zero-order chi connectivity index (χ0) is 14.9. The Labute approximate surface area is 115 Å². The van der Waals surface area contributed by atoms with Gasteiger partial charge in [0.1, 0.15) is 0 Å². The van der Waals surface area contributed by atoms with Crippen LogP contribution in [0.4, 0.5) is 0 Å². The van der Waals surface area contributed by atoms with E-state index in [0.717, 1.165) is 0 Å². The third kappa shape index (κ3) is 2.53. The first-order valence-corrected chi connectivity index (χ1v) is 6.19. The van der Waals surface area contributed by atoms with Crippen LogP contribution in [-0.2, 0) is 22.7 Å². The van der Waals surface area contributed by atoms with Crippen LogP contribution in [0.1, 0.15) is 19.5 Å². The molecule has 0 amide bonds. The van der Waals surface area contributed by atoms with Crippen LogP contribution >= 0.6 is 0 Å². The topological polar surface area (TPSA) is 105 Å². The lowest BCUT2D eigenvalue weighted by molar-refractivity contribution is -0.149. The first-order chi connectivity index (χ1) is 9.43. The van der Waals surface area contributed by atoms with Gasteiger partial charge in [-0.05, 0) is 19.9 Å². The monoisotopic (exact) mass is 280 g/mol. The predicted molar refractivity (Wildman–Crippen MR) is 70.6 cm³/mol. The largest absolute Gasteiger partial charge is 0.504 e. The molecule has 1 aromatic heterocycles. The molecule has 0 bridgehead atoms. The number of nitrogens with zero attached hydrogens (tertiary/aromatic N) is 2. The third-order valence-corrected chi connectivity index (χ3v) is 3.04. The first-order valence-electron chi connectivity index (χ1n) is 6.19. The van der Waals surface area contributed by atoms with Crippen molar-refractivity contribution in [2.45, 2.75) is 33.1 Å². The fourth-order valence-corrected chi connectivity index (χ4v) is 1.89. The number of carbonyl (C=O) groups is 1. The average molecular weight is 280 g/mol. The molecule has 0 aliphatic heterocycles. The van der Waals surface area contributed by atoms with E-state index >= 15 is 0 Å². The van der Waals surface area contributed by atoms with Gasteiger partial charge in [0.25, 0.3) is 0 Å². The number of rotatable bonds is 5. The Balaban J connectivity index is 2.38. The minimum absolute atomic E-state index is 0.0151. The van der Waals surface area contributed by atoms with E-state index in [2.05, 4.69) is 5.10 Å². The van der Waals surface area contributed by atoms with Gasteiger partial charge in [-0.1, -0.05) is 0 Å². The number of benzene rings is 1. The van der Waals surface area contributed by atoms with Crippen LogP contribution in [0.2, 0.25) is 0 Å². The SMILES string of the molecule is CCn1nc(COC(C)C(=O)O)c2cc(O)c(O)cc21. The smallest absolute Gasteiger partial charge is 0.332 e. The number of hydrogen-bond acceptors (Lipinski definition) is 5. The quantitative estimate of drug-likeness (QED) is 0.716. The van der Waals surface area contributed by atoms with Gasteiger partial charge in [0.05, 0.1) is 17.8 Å². The molecule has 0 saturated carbocycles. The van der Waals surface area contributed by atoms with E-state index in [-0.39, 0.29) is 18.1 Å². The van der Waals surface area contributed by atoms with Crippen LogP contribution < -0.4 is 0 Å². The van der Waals surface area contributed by atoms with Crippen molar-refractivity contribution in [1.29, 1.82) is 0 Å². The summed E-state index contributed by atoms with van der Waals surface area (Å²) in [5.74, 6) is -1.52. The summed E-state index contributed by atoms with van der Waals surface area (Å²) in [6, 6.07) is 2.82. The molecule has 1 unspecified atom stereocenters. The standard InChI is InChI=1S/C13H16N2O5/c1-3-15-10-5-12(17)11(16)4-8(10)9(14-15)6-20-7(2)13(18)19/h4-5,7,16-17H,3,6H2,1-2H3,(H,18,19). The number of ether oxygens (including phenoxy) is 1. The van der Waals surface area contributed by atoms with Crippen LogP contribution in [0, 0.1) is 0 Å². The van der Waals surface area contributed by atoms with E-state index in [4.69, 9.17) is 9.84 Å². The second-order valence-corrected chi connectivity index (χ2v) is 4.41. The van der Waals surface area contributed by atoms with E-state index in [9.17, 15) is 15.0 Å². The van der Waals surface area contributed by atoms with Gasteiger partial charge in [0.2, 0.25) is 0 Å². The molecule has 0 radical (unpaired) electrons. The summed E-state index contributed by atoms with van der Waals surface area (Å²) in [6.45, 7) is 3.92. The Hall–Kier alpha value is -2.28. The number of hydrogen-bond donors (Lipinski definition) is 3. The molecule has 7 nitrogen and oxygen atoms in total. The number of aromatic nitrogens is 2. The lowest BCUT2D eigenvalue weighted by Crippen LogP contribution is -2.19. The highest BCUT2D eigenvalue weighted by Gasteiger charge is 2.16. The fraction of sp³-hybridized carbons (Fsp3) is 0.385. The summed E-state index contributed by atoms with van der Waals surface area (Å²) in [5.41, 5.74) is 1.18. The van der Waals surface area contributed by atoms with Gasteiger partial charge in [-0.15, -0.1) is 0 Å². The van der Waals surface area contributed by atoms with Crippen molar-refractivity contribution in [3.8, 4) is 11.5 Å². The molecule has 2 aromatic rings. The Bertz CT molecular complexity index is 650. The van der Waals surface area contributed by atoms with Crippen molar-refractivity contribution < 1.29 is 24.9 Å². The molecule has 0 spiro atoms. The molecule has 1 atom stereocenters. The van der Waals surface area contributed by atoms with E-state index < -0.39 is 12.1 Å². The lowest BCUT2D eigenvalue weighted by Gasteiger charge is -2.06. The molecule has 20 heavy (non-hydrogen) atoms.